The molecule has 3 aliphatic heterocycles. The van der Waals surface area contributed by atoms with Gasteiger partial charge in [0.2, 0.25) is 5.91 Å². The third-order valence-electron chi connectivity index (χ3n) is 14.8. The van der Waals surface area contributed by atoms with Crippen LogP contribution in [-0.2, 0) is 33.2 Å². The third kappa shape index (κ3) is 25.1. The molecular formula is C56H103NO18. The van der Waals surface area contributed by atoms with Crippen molar-refractivity contribution in [3.05, 3.63) is 24.3 Å². The summed E-state index contributed by atoms with van der Waals surface area (Å²) in [6.45, 7) is 1.68. The molecule has 12 N–H and O–H groups in total. The number of hydrogen-bond acceptors (Lipinski definition) is 18. The quantitative estimate of drug-likeness (QED) is 0.0298. The molecule has 3 saturated heterocycles. The lowest BCUT2D eigenvalue weighted by Gasteiger charge is -2.48. The van der Waals surface area contributed by atoms with Gasteiger partial charge in [-0.1, -0.05) is 179 Å². The number of carbonyl (C=O) groups is 1. The summed E-state index contributed by atoms with van der Waals surface area (Å²) in [6, 6.07) is -0.984. The van der Waals surface area contributed by atoms with Crippen LogP contribution >= 0.6 is 0 Å². The molecule has 19 heteroatoms. The molecule has 17 unspecified atom stereocenters. The van der Waals surface area contributed by atoms with E-state index in [9.17, 15) is 61.0 Å². The highest BCUT2D eigenvalue weighted by molar-refractivity contribution is 5.76. The number of allylic oxidation sites excluding steroid dienone is 3. The smallest absolute Gasteiger partial charge is 0.220 e. The van der Waals surface area contributed by atoms with Gasteiger partial charge in [0.05, 0.1) is 38.6 Å². The minimum atomic E-state index is -1.98. The average Bonchev–Trinajstić information content (AvgIpc) is 3.41. The molecule has 0 aliphatic carbocycles. The van der Waals surface area contributed by atoms with Gasteiger partial charge in [-0.2, -0.15) is 0 Å². The molecule has 19 nitrogen and oxygen atoms in total. The Morgan fingerprint density at radius 3 is 1.33 bits per heavy atom. The Morgan fingerprint density at radius 1 is 0.467 bits per heavy atom. The number of hydrogen-bond donors (Lipinski definition) is 12. The first-order chi connectivity index (χ1) is 36.3. The zero-order valence-electron chi connectivity index (χ0n) is 45.5. The van der Waals surface area contributed by atoms with Crippen LogP contribution in [0.5, 0.6) is 0 Å². The first-order valence-electron chi connectivity index (χ1n) is 29.1. The highest BCUT2D eigenvalue weighted by Gasteiger charge is 2.53. The van der Waals surface area contributed by atoms with Crippen molar-refractivity contribution in [2.45, 2.75) is 298 Å². The molecule has 1 amide bonds. The van der Waals surface area contributed by atoms with E-state index in [2.05, 4.69) is 31.3 Å². The second-order valence-corrected chi connectivity index (χ2v) is 21.1. The van der Waals surface area contributed by atoms with Gasteiger partial charge in [-0.25, -0.2) is 0 Å². The molecule has 3 fully saturated rings. The fourth-order valence-corrected chi connectivity index (χ4v) is 9.91. The van der Waals surface area contributed by atoms with Crippen LogP contribution in [0.3, 0.4) is 0 Å². The number of aliphatic hydroxyl groups excluding tert-OH is 11. The Morgan fingerprint density at radius 2 is 0.853 bits per heavy atom. The summed E-state index contributed by atoms with van der Waals surface area (Å²) < 4.78 is 34.2. The lowest BCUT2D eigenvalue weighted by molar-refractivity contribution is -0.379. The molecular weight excluding hydrogens is 975 g/mol. The van der Waals surface area contributed by atoms with Crippen molar-refractivity contribution in [1.29, 1.82) is 0 Å². The average molecular weight is 1080 g/mol. The molecule has 3 rings (SSSR count). The van der Waals surface area contributed by atoms with Crippen LogP contribution in [0.15, 0.2) is 24.3 Å². The minimum Gasteiger partial charge on any atom is -0.394 e. The van der Waals surface area contributed by atoms with Gasteiger partial charge in [-0.15, -0.1) is 0 Å². The Balaban J connectivity index is 1.52. The number of unbranched alkanes of at least 4 members (excludes halogenated alkanes) is 24. The lowest BCUT2D eigenvalue weighted by Crippen LogP contribution is -2.66. The molecule has 0 aromatic heterocycles. The van der Waals surface area contributed by atoms with Gasteiger partial charge < -0.3 is 89.9 Å². The normalized spacial score (nSPS) is 31.3. The monoisotopic (exact) mass is 1080 g/mol. The van der Waals surface area contributed by atoms with Crippen LogP contribution in [0, 0.1) is 0 Å². The van der Waals surface area contributed by atoms with Crippen LogP contribution in [0.1, 0.15) is 194 Å². The summed E-state index contributed by atoms with van der Waals surface area (Å²) in [5.41, 5.74) is 0. The van der Waals surface area contributed by atoms with Crippen LogP contribution < -0.4 is 5.32 Å². The largest absolute Gasteiger partial charge is 0.394 e. The van der Waals surface area contributed by atoms with E-state index in [0.717, 1.165) is 38.5 Å². The van der Waals surface area contributed by atoms with E-state index in [1.165, 1.54) is 122 Å². The first kappa shape index (κ1) is 67.5. The molecule has 0 spiro atoms. The van der Waals surface area contributed by atoms with E-state index < -0.39 is 124 Å². The predicted octanol–water partition coefficient (Wildman–Crippen LogP) is 4.37. The summed E-state index contributed by atoms with van der Waals surface area (Å²) >= 11 is 0. The number of amides is 1. The van der Waals surface area contributed by atoms with E-state index in [1.807, 2.05) is 6.08 Å². The van der Waals surface area contributed by atoms with Crippen molar-refractivity contribution >= 4 is 5.91 Å². The molecule has 3 aliphatic rings. The van der Waals surface area contributed by atoms with Crippen molar-refractivity contribution in [2.24, 2.45) is 0 Å². The van der Waals surface area contributed by atoms with Crippen molar-refractivity contribution in [2.75, 3.05) is 26.4 Å². The van der Waals surface area contributed by atoms with Crippen LogP contribution in [0.4, 0.5) is 0 Å². The molecule has 0 saturated carbocycles. The van der Waals surface area contributed by atoms with Gasteiger partial charge in [0, 0.05) is 6.42 Å². The molecule has 440 valence electrons. The number of ether oxygens (including phenoxy) is 6. The first-order valence-corrected chi connectivity index (χ1v) is 29.1. The highest BCUT2D eigenvalue weighted by atomic mass is 16.8. The van der Waals surface area contributed by atoms with E-state index in [-0.39, 0.29) is 18.9 Å². The molecule has 0 aromatic rings. The Labute approximate surface area is 448 Å². The van der Waals surface area contributed by atoms with Crippen LogP contribution in [0.25, 0.3) is 0 Å². The van der Waals surface area contributed by atoms with E-state index in [4.69, 9.17) is 28.4 Å². The van der Waals surface area contributed by atoms with Gasteiger partial charge >= 0.3 is 0 Å². The van der Waals surface area contributed by atoms with Crippen molar-refractivity contribution in [3.8, 4) is 0 Å². The SMILES string of the molecule is CCCCCCCCC/C=C/CC/C=C/C(O)C(COC1OC(CO)C(OC2OC(CO)C(OC3OC(CO)C(O)C(O)C3O)C(O)C2O)C(O)C1O)NC(=O)CCCCCCCCCCCCCCCCCCC. The molecule has 0 bridgehead atoms. The summed E-state index contributed by atoms with van der Waals surface area (Å²) in [6.07, 6.45) is 13.1. The van der Waals surface area contributed by atoms with Gasteiger partial charge in [0.1, 0.15) is 73.2 Å². The van der Waals surface area contributed by atoms with Gasteiger partial charge in [0.25, 0.3) is 0 Å². The highest BCUT2D eigenvalue weighted by Crippen LogP contribution is 2.33. The standard InChI is InChI=1S/C56H103NO18/c1-3-5-7-9-11-13-15-17-18-19-20-22-24-26-28-30-32-34-44(62)57-39(40(61)33-31-29-27-25-23-21-16-14-12-10-8-6-4-2)38-70-54-50(68)47(65)52(42(36-59)72-54)75-56-51(69)48(66)53(43(37-60)73-56)74-55-49(67)46(64)45(63)41(35-58)71-55/h23,25,31,33,39-43,45-56,58-61,63-69H,3-22,24,26-30,32,34-38H2,1-2H3,(H,57,62)/b25-23+,33-31+. The van der Waals surface area contributed by atoms with E-state index in [1.54, 1.807) is 6.08 Å². The van der Waals surface area contributed by atoms with Gasteiger partial charge in [-0.3, -0.25) is 4.79 Å². The number of carbonyl (C=O) groups excluding carboxylic acids is 1. The predicted molar refractivity (Wildman–Crippen MR) is 282 cm³/mol. The maximum Gasteiger partial charge on any atom is 0.220 e. The van der Waals surface area contributed by atoms with Crippen molar-refractivity contribution in [1.82, 2.24) is 5.32 Å². The van der Waals surface area contributed by atoms with Gasteiger partial charge in [-0.05, 0) is 32.1 Å². The Bertz CT molecular complexity index is 1480. The van der Waals surface area contributed by atoms with Crippen LogP contribution in [-0.4, -0.2) is 193 Å². The topological polar surface area (TPSA) is 307 Å². The third-order valence-corrected chi connectivity index (χ3v) is 14.8. The fourth-order valence-electron chi connectivity index (χ4n) is 9.91. The molecule has 17 atom stereocenters. The summed E-state index contributed by atoms with van der Waals surface area (Å²) in [7, 11) is 0. The number of aliphatic hydroxyl groups is 11. The zero-order valence-corrected chi connectivity index (χ0v) is 45.5. The summed E-state index contributed by atoms with van der Waals surface area (Å²) in [4.78, 5) is 13.3. The lowest BCUT2D eigenvalue weighted by atomic mass is 9.96. The number of rotatable bonds is 42. The minimum absolute atomic E-state index is 0.240. The fraction of sp³-hybridized carbons (Fsp3) is 0.911. The maximum atomic E-state index is 13.3. The van der Waals surface area contributed by atoms with E-state index >= 15 is 0 Å². The zero-order chi connectivity index (χ0) is 54.8. The second kappa shape index (κ2) is 40.4. The molecule has 75 heavy (non-hydrogen) atoms. The summed E-state index contributed by atoms with van der Waals surface area (Å²) in [5.74, 6) is -0.285. The van der Waals surface area contributed by atoms with E-state index in [0.29, 0.717) is 12.8 Å². The Hall–Kier alpha value is -1.73. The molecule has 3 heterocycles. The van der Waals surface area contributed by atoms with Gasteiger partial charge in [0.15, 0.2) is 18.9 Å². The Kier molecular flexibility index (Phi) is 36.4. The van der Waals surface area contributed by atoms with Crippen LogP contribution in [0.2, 0.25) is 0 Å². The summed E-state index contributed by atoms with van der Waals surface area (Å²) in [5, 5.41) is 120. The molecule has 0 radical (unpaired) electrons. The van der Waals surface area contributed by atoms with Crippen molar-refractivity contribution < 1.29 is 89.4 Å². The molecule has 0 aromatic carbocycles. The second-order valence-electron chi connectivity index (χ2n) is 21.1. The number of nitrogens with one attached hydrogen (secondary N) is 1. The van der Waals surface area contributed by atoms with Crippen molar-refractivity contribution in [3.63, 3.8) is 0 Å². The maximum absolute atomic E-state index is 13.3.